The molecule has 4 heteroatoms. The van der Waals surface area contributed by atoms with Crippen LogP contribution in [-0.4, -0.2) is 17.0 Å². The second-order valence-corrected chi connectivity index (χ2v) is 6.13. The molecule has 1 rings (SSSR count). The Balaban J connectivity index is 2.50. The van der Waals surface area contributed by atoms with Gasteiger partial charge in [0, 0.05) is 22.1 Å². The first-order valence-electron chi connectivity index (χ1n) is 5.84. The Morgan fingerprint density at radius 1 is 1.47 bits per heavy atom. The van der Waals surface area contributed by atoms with Gasteiger partial charge in [0.25, 0.3) is 0 Å². The summed E-state index contributed by atoms with van der Waals surface area (Å²) in [7, 11) is 0. The average molecular weight is 276 g/mol. The van der Waals surface area contributed by atoms with E-state index in [1.807, 2.05) is 11.8 Å². The Morgan fingerprint density at radius 3 is 2.82 bits per heavy atom. The minimum Gasteiger partial charge on any atom is -0.327 e. The lowest BCUT2D eigenvalue weighted by Crippen LogP contribution is -2.26. The summed E-state index contributed by atoms with van der Waals surface area (Å²) >= 11 is 7.85. The molecule has 0 aliphatic rings. The van der Waals surface area contributed by atoms with Gasteiger partial charge in [-0.25, -0.2) is 4.39 Å². The minimum atomic E-state index is -0.258. The SMILES string of the molecule is CCC(C)SCC(N)Cc1cc(F)ccc1Cl. The van der Waals surface area contributed by atoms with Gasteiger partial charge in [0.1, 0.15) is 5.82 Å². The Morgan fingerprint density at radius 2 is 2.18 bits per heavy atom. The molecule has 2 N–H and O–H groups in total. The van der Waals surface area contributed by atoms with Crippen LogP contribution in [0.4, 0.5) is 4.39 Å². The van der Waals surface area contributed by atoms with Crippen molar-refractivity contribution in [3.05, 3.63) is 34.6 Å². The Kier molecular flexibility index (Phi) is 6.31. The third kappa shape index (κ3) is 5.28. The van der Waals surface area contributed by atoms with Gasteiger partial charge in [-0.3, -0.25) is 0 Å². The number of thioether (sulfide) groups is 1. The Hall–Kier alpha value is -0.250. The number of rotatable bonds is 6. The van der Waals surface area contributed by atoms with Crippen LogP contribution in [0.1, 0.15) is 25.8 Å². The van der Waals surface area contributed by atoms with Crippen LogP contribution in [0.2, 0.25) is 5.02 Å². The number of benzene rings is 1. The van der Waals surface area contributed by atoms with Crippen molar-refractivity contribution < 1.29 is 4.39 Å². The van der Waals surface area contributed by atoms with Crippen LogP contribution in [0.25, 0.3) is 0 Å². The highest BCUT2D eigenvalue weighted by Crippen LogP contribution is 2.20. The maximum Gasteiger partial charge on any atom is 0.123 e. The van der Waals surface area contributed by atoms with E-state index in [0.29, 0.717) is 16.7 Å². The lowest BCUT2D eigenvalue weighted by atomic mass is 10.1. The molecule has 0 amide bonds. The molecule has 0 fully saturated rings. The second kappa shape index (κ2) is 7.24. The number of hydrogen-bond donors (Lipinski definition) is 1. The minimum absolute atomic E-state index is 0.0216. The number of halogens is 2. The van der Waals surface area contributed by atoms with E-state index in [9.17, 15) is 4.39 Å². The molecule has 1 nitrogen and oxygen atoms in total. The quantitative estimate of drug-likeness (QED) is 0.853. The number of hydrogen-bond acceptors (Lipinski definition) is 2. The first kappa shape index (κ1) is 14.8. The van der Waals surface area contributed by atoms with E-state index < -0.39 is 0 Å². The topological polar surface area (TPSA) is 26.0 Å². The molecule has 0 heterocycles. The van der Waals surface area contributed by atoms with Crippen molar-refractivity contribution in [1.82, 2.24) is 0 Å². The second-order valence-electron chi connectivity index (χ2n) is 4.25. The zero-order valence-electron chi connectivity index (χ0n) is 10.2. The first-order valence-corrected chi connectivity index (χ1v) is 7.26. The van der Waals surface area contributed by atoms with Gasteiger partial charge in [0.15, 0.2) is 0 Å². The summed E-state index contributed by atoms with van der Waals surface area (Å²) in [5.41, 5.74) is 6.82. The molecule has 17 heavy (non-hydrogen) atoms. The van der Waals surface area contributed by atoms with E-state index in [2.05, 4.69) is 13.8 Å². The van der Waals surface area contributed by atoms with Crippen LogP contribution < -0.4 is 5.73 Å². The highest BCUT2D eigenvalue weighted by molar-refractivity contribution is 7.99. The molecule has 2 atom stereocenters. The lowest BCUT2D eigenvalue weighted by molar-refractivity contribution is 0.623. The molecule has 0 saturated heterocycles. The lowest BCUT2D eigenvalue weighted by Gasteiger charge is -2.15. The summed E-state index contributed by atoms with van der Waals surface area (Å²) in [6.45, 7) is 4.35. The van der Waals surface area contributed by atoms with E-state index in [1.54, 1.807) is 6.07 Å². The van der Waals surface area contributed by atoms with Crippen LogP contribution in [0.15, 0.2) is 18.2 Å². The third-order valence-electron chi connectivity index (χ3n) is 2.66. The largest absolute Gasteiger partial charge is 0.327 e. The molecule has 0 bridgehead atoms. The van der Waals surface area contributed by atoms with Crippen molar-refractivity contribution in [3.8, 4) is 0 Å². The summed E-state index contributed by atoms with van der Waals surface area (Å²) in [6, 6.07) is 4.44. The molecule has 0 aliphatic heterocycles. The maximum atomic E-state index is 13.1. The van der Waals surface area contributed by atoms with Crippen molar-refractivity contribution in [3.63, 3.8) is 0 Å². The molecular formula is C13H19ClFNS. The van der Waals surface area contributed by atoms with Crippen LogP contribution >= 0.6 is 23.4 Å². The van der Waals surface area contributed by atoms with Crippen molar-refractivity contribution in [1.29, 1.82) is 0 Å². The summed E-state index contributed by atoms with van der Waals surface area (Å²) in [5.74, 6) is 0.619. The molecule has 1 aromatic rings. The van der Waals surface area contributed by atoms with Gasteiger partial charge in [-0.1, -0.05) is 25.4 Å². The van der Waals surface area contributed by atoms with Gasteiger partial charge in [0.05, 0.1) is 0 Å². The van der Waals surface area contributed by atoms with Gasteiger partial charge in [0.2, 0.25) is 0 Å². The van der Waals surface area contributed by atoms with Crippen molar-refractivity contribution in [2.75, 3.05) is 5.75 Å². The van der Waals surface area contributed by atoms with Crippen molar-refractivity contribution in [2.45, 2.75) is 38.0 Å². The molecule has 0 saturated carbocycles. The fraction of sp³-hybridized carbons (Fsp3) is 0.538. The highest BCUT2D eigenvalue weighted by atomic mass is 35.5. The normalized spacial score (nSPS) is 14.6. The standard InChI is InChI=1S/C13H19ClFNS/c1-3-9(2)17-8-12(16)7-10-6-11(15)4-5-13(10)14/h4-6,9,12H,3,7-8,16H2,1-2H3. The molecular weight excluding hydrogens is 257 g/mol. The van der Waals surface area contributed by atoms with E-state index >= 15 is 0 Å². The fourth-order valence-electron chi connectivity index (χ4n) is 1.45. The smallest absolute Gasteiger partial charge is 0.123 e. The Bertz CT molecular complexity index is 359. The molecule has 0 spiro atoms. The fourth-order valence-corrected chi connectivity index (χ4v) is 2.57. The van der Waals surface area contributed by atoms with E-state index in [4.69, 9.17) is 17.3 Å². The summed E-state index contributed by atoms with van der Waals surface area (Å²) in [5, 5.41) is 1.21. The predicted molar refractivity (Wildman–Crippen MR) is 75.3 cm³/mol. The molecule has 2 unspecified atom stereocenters. The highest BCUT2D eigenvalue weighted by Gasteiger charge is 2.10. The zero-order chi connectivity index (χ0) is 12.8. The summed E-state index contributed by atoms with van der Waals surface area (Å²) in [6.07, 6.45) is 1.76. The molecule has 1 aromatic carbocycles. The van der Waals surface area contributed by atoms with Crippen LogP contribution in [-0.2, 0) is 6.42 Å². The predicted octanol–water partition coefficient (Wildman–Crippen LogP) is 3.88. The summed E-state index contributed by atoms with van der Waals surface area (Å²) in [4.78, 5) is 0. The van der Waals surface area contributed by atoms with E-state index in [1.165, 1.54) is 12.1 Å². The third-order valence-corrected chi connectivity index (χ3v) is 4.55. The van der Waals surface area contributed by atoms with Crippen LogP contribution in [0.5, 0.6) is 0 Å². The summed E-state index contributed by atoms with van der Waals surface area (Å²) < 4.78 is 13.1. The van der Waals surface area contributed by atoms with Crippen molar-refractivity contribution in [2.24, 2.45) is 5.73 Å². The van der Waals surface area contributed by atoms with Gasteiger partial charge in [-0.2, -0.15) is 11.8 Å². The number of nitrogens with two attached hydrogens (primary N) is 1. The first-order chi connectivity index (χ1) is 8.02. The molecule has 0 aromatic heterocycles. The molecule has 96 valence electrons. The monoisotopic (exact) mass is 275 g/mol. The van der Waals surface area contributed by atoms with Crippen molar-refractivity contribution >= 4 is 23.4 Å². The van der Waals surface area contributed by atoms with Crippen LogP contribution in [0.3, 0.4) is 0 Å². The van der Waals surface area contributed by atoms with Gasteiger partial charge < -0.3 is 5.73 Å². The van der Waals surface area contributed by atoms with Gasteiger partial charge in [-0.15, -0.1) is 0 Å². The Labute approximate surface area is 112 Å². The van der Waals surface area contributed by atoms with E-state index in [-0.39, 0.29) is 11.9 Å². The van der Waals surface area contributed by atoms with Crippen LogP contribution in [0, 0.1) is 5.82 Å². The van der Waals surface area contributed by atoms with E-state index in [0.717, 1.165) is 17.7 Å². The molecule has 0 radical (unpaired) electrons. The van der Waals surface area contributed by atoms with Gasteiger partial charge in [-0.05, 0) is 36.6 Å². The maximum absolute atomic E-state index is 13.1. The van der Waals surface area contributed by atoms with Gasteiger partial charge >= 0.3 is 0 Å². The molecule has 0 aliphatic carbocycles. The zero-order valence-corrected chi connectivity index (χ0v) is 11.8. The average Bonchev–Trinajstić information content (AvgIpc) is 2.30.